The standard InChI is InChI=1S/C19H17N3O3/c1-13(20-16-7-4-8-18(12-16)22(24)25)19(23)21-17-10-9-14-5-2-3-6-15(14)11-17/h2-13,20H,1H3,(H,21,23)/t13-/m1/s1. The van der Waals surface area contributed by atoms with Crippen molar-refractivity contribution in [1.29, 1.82) is 0 Å². The molecule has 0 saturated heterocycles. The van der Waals surface area contributed by atoms with Crippen LogP contribution in [0.25, 0.3) is 10.8 Å². The first-order chi connectivity index (χ1) is 12.0. The number of amides is 1. The predicted molar refractivity (Wildman–Crippen MR) is 98.8 cm³/mol. The van der Waals surface area contributed by atoms with Crippen LogP contribution in [-0.2, 0) is 4.79 Å². The Hall–Kier alpha value is -3.41. The van der Waals surface area contributed by atoms with Gasteiger partial charge in [-0.2, -0.15) is 0 Å². The van der Waals surface area contributed by atoms with Gasteiger partial charge in [-0.1, -0.05) is 36.4 Å². The third-order valence-corrected chi connectivity index (χ3v) is 3.85. The molecular weight excluding hydrogens is 318 g/mol. The van der Waals surface area contributed by atoms with E-state index in [1.165, 1.54) is 12.1 Å². The lowest BCUT2D eigenvalue weighted by Gasteiger charge is -2.15. The van der Waals surface area contributed by atoms with Crippen LogP contribution >= 0.6 is 0 Å². The van der Waals surface area contributed by atoms with Crippen molar-refractivity contribution in [2.24, 2.45) is 0 Å². The molecule has 3 rings (SSSR count). The molecule has 0 saturated carbocycles. The number of nitrogens with one attached hydrogen (secondary N) is 2. The monoisotopic (exact) mass is 335 g/mol. The van der Waals surface area contributed by atoms with Crippen LogP contribution in [0, 0.1) is 10.1 Å². The van der Waals surface area contributed by atoms with Gasteiger partial charge >= 0.3 is 0 Å². The van der Waals surface area contributed by atoms with Gasteiger partial charge in [-0.25, -0.2) is 0 Å². The molecule has 0 aliphatic carbocycles. The largest absolute Gasteiger partial charge is 0.374 e. The van der Waals surface area contributed by atoms with Gasteiger partial charge in [0.2, 0.25) is 5.91 Å². The van der Waals surface area contributed by atoms with Crippen LogP contribution < -0.4 is 10.6 Å². The summed E-state index contributed by atoms with van der Waals surface area (Å²) in [6.07, 6.45) is 0. The Labute approximate surface area is 144 Å². The molecule has 0 aliphatic rings. The van der Waals surface area contributed by atoms with E-state index in [1.807, 2.05) is 42.5 Å². The Kier molecular flexibility index (Phi) is 4.61. The minimum absolute atomic E-state index is 0.0212. The Morgan fingerprint density at radius 1 is 0.960 bits per heavy atom. The Morgan fingerprint density at radius 2 is 1.72 bits per heavy atom. The number of nitrogens with zero attached hydrogens (tertiary/aromatic N) is 1. The van der Waals surface area contributed by atoms with Gasteiger partial charge in [-0.15, -0.1) is 0 Å². The van der Waals surface area contributed by atoms with E-state index < -0.39 is 11.0 Å². The molecule has 6 nitrogen and oxygen atoms in total. The summed E-state index contributed by atoms with van der Waals surface area (Å²) in [6.45, 7) is 1.70. The van der Waals surface area contributed by atoms with E-state index in [-0.39, 0.29) is 11.6 Å². The van der Waals surface area contributed by atoms with E-state index in [0.29, 0.717) is 11.4 Å². The minimum Gasteiger partial charge on any atom is -0.374 e. The second kappa shape index (κ2) is 7.00. The predicted octanol–water partition coefficient (Wildman–Crippen LogP) is 4.19. The molecule has 0 fully saturated rings. The van der Waals surface area contributed by atoms with Crippen LogP contribution in [0.4, 0.5) is 17.1 Å². The Balaban J connectivity index is 1.69. The first-order valence-electron chi connectivity index (χ1n) is 7.83. The fraction of sp³-hybridized carbons (Fsp3) is 0.105. The molecular formula is C19H17N3O3. The van der Waals surface area contributed by atoms with Gasteiger partial charge in [0.1, 0.15) is 6.04 Å². The van der Waals surface area contributed by atoms with Gasteiger partial charge in [0.05, 0.1) is 4.92 Å². The van der Waals surface area contributed by atoms with E-state index in [0.717, 1.165) is 10.8 Å². The SMILES string of the molecule is C[C@@H](Nc1cccc([N+](=O)[O-])c1)C(=O)Nc1ccc2ccccc2c1. The number of non-ortho nitro benzene ring substituents is 1. The second-order valence-electron chi connectivity index (χ2n) is 5.72. The molecule has 126 valence electrons. The van der Waals surface area contributed by atoms with Crippen molar-refractivity contribution in [2.45, 2.75) is 13.0 Å². The third kappa shape index (κ3) is 3.92. The zero-order chi connectivity index (χ0) is 17.8. The fourth-order valence-electron chi connectivity index (χ4n) is 2.54. The molecule has 0 radical (unpaired) electrons. The van der Waals surface area contributed by atoms with Crippen LogP contribution in [0.5, 0.6) is 0 Å². The molecule has 0 aliphatic heterocycles. The number of carbonyl (C=O) groups excluding carboxylic acids is 1. The summed E-state index contributed by atoms with van der Waals surface area (Å²) < 4.78 is 0. The summed E-state index contributed by atoms with van der Waals surface area (Å²) in [5, 5.41) is 18.8. The average Bonchev–Trinajstić information content (AvgIpc) is 2.61. The van der Waals surface area contributed by atoms with Crippen LogP contribution in [0.2, 0.25) is 0 Å². The molecule has 0 aromatic heterocycles. The topological polar surface area (TPSA) is 84.3 Å². The summed E-state index contributed by atoms with van der Waals surface area (Å²) >= 11 is 0. The third-order valence-electron chi connectivity index (χ3n) is 3.85. The number of anilines is 2. The number of nitro groups is 1. The van der Waals surface area contributed by atoms with Crippen molar-refractivity contribution in [3.63, 3.8) is 0 Å². The first kappa shape index (κ1) is 16.4. The number of benzene rings is 3. The quantitative estimate of drug-likeness (QED) is 0.541. The van der Waals surface area contributed by atoms with E-state index in [4.69, 9.17) is 0 Å². The summed E-state index contributed by atoms with van der Waals surface area (Å²) in [7, 11) is 0. The lowest BCUT2D eigenvalue weighted by molar-refractivity contribution is -0.384. The minimum atomic E-state index is -0.548. The van der Waals surface area contributed by atoms with Gasteiger partial charge in [-0.3, -0.25) is 14.9 Å². The number of hydrogen-bond donors (Lipinski definition) is 2. The van der Waals surface area contributed by atoms with Gasteiger partial charge in [0.25, 0.3) is 5.69 Å². The maximum absolute atomic E-state index is 12.4. The second-order valence-corrected chi connectivity index (χ2v) is 5.72. The Morgan fingerprint density at radius 3 is 2.48 bits per heavy atom. The first-order valence-corrected chi connectivity index (χ1v) is 7.83. The number of fused-ring (bicyclic) bond motifs is 1. The highest BCUT2D eigenvalue weighted by molar-refractivity contribution is 5.98. The van der Waals surface area contributed by atoms with Crippen molar-refractivity contribution in [1.82, 2.24) is 0 Å². The van der Waals surface area contributed by atoms with E-state index in [9.17, 15) is 14.9 Å². The van der Waals surface area contributed by atoms with Gasteiger partial charge in [0, 0.05) is 23.5 Å². The van der Waals surface area contributed by atoms with Crippen LogP contribution in [0.3, 0.4) is 0 Å². The van der Waals surface area contributed by atoms with Gasteiger partial charge in [-0.05, 0) is 35.9 Å². The van der Waals surface area contributed by atoms with E-state index in [1.54, 1.807) is 19.1 Å². The van der Waals surface area contributed by atoms with Crippen molar-refractivity contribution < 1.29 is 9.72 Å². The van der Waals surface area contributed by atoms with Gasteiger partial charge in [0.15, 0.2) is 0 Å². The molecule has 6 heteroatoms. The normalized spacial score (nSPS) is 11.7. The van der Waals surface area contributed by atoms with Gasteiger partial charge < -0.3 is 10.6 Å². The number of carbonyl (C=O) groups is 1. The molecule has 0 heterocycles. The fourth-order valence-corrected chi connectivity index (χ4v) is 2.54. The Bertz CT molecular complexity index is 940. The number of rotatable bonds is 5. The molecule has 1 amide bonds. The highest BCUT2D eigenvalue weighted by Crippen LogP contribution is 2.20. The molecule has 1 atom stereocenters. The zero-order valence-electron chi connectivity index (χ0n) is 13.6. The smallest absolute Gasteiger partial charge is 0.271 e. The lowest BCUT2D eigenvalue weighted by atomic mass is 10.1. The highest BCUT2D eigenvalue weighted by atomic mass is 16.6. The molecule has 25 heavy (non-hydrogen) atoms. The van der Waals surface area contributed by atoms with E-state index in [2.05, 4.69) is 10.6 Å². The maximum atomic E-state index is 12.4. The molecule has 0 unspecified atom stereocenters. The van der Waals surface area contributed by atoms with Crippen LogP contribution in [0.1, 0.15) is 6.92 Å². The summed E-state index contributed by atoms with van der Waals surface area (Å²) in [4.78, 5) is 22.7. The van der Waals surface area contributed by atoms with Crippen molar-refractivity contribution in [3.8, 4) is 0 Å². The van der Waals surface area contributed by atoms with Crippen LogP contribution in [-0.4, -0.2) is 16.9 Å². The molecule has 0 spiro atoms. The maximum Gasteiger partial charge on any atom is 0.271 e. The molecule has 3 aromatic rings. The highest BCUT2D eigenvalue weighted by Gasteiger charge is 2.14. The molecule has 0 bridgehead atoms. The zero-order valence-corrected chi connectivity index (χ0v) is 13.6. The molecule has 3 aromatic carbocycles. The molecule has 2 N–H and O–H groups in total. The van der Waals surface area contributed by atoms with Crippen molar-refractivity contribution >= 4 is 33.7 Å². The van der Waals surface area contributed by atoms with E-state index >= 15 is 0 Å². The summed E-state index contributed by atoms with van der Waals surface area (Å²) in [6, 6.07) is 19.1. The number of hydrogen-bond acceptors (Lipinski definition) is 4. The van der Waals surface area contributed by atoms with Crippen molar-refractivity contribution in [2.75, 3.05) is 10.6 Å². The summed E-state index contributed by atoms with van der Waals surface area (Å²) in [5.41, 5.74) is 1.21. The number of nitro benzene ring substituents is 1. The van der Waals surface area contributed by atoms with Crippen LogP contribution in [0.15, 0.2) is 66.7 Å². The average molecular weight is 335 g/mol. The lowest BCUT2D eigenvalue weighted by Crippen LogP contribution is -2.31. The van der Waals surface area contributed by atoms with Crippen molar-refractivity contribution in [3.05, 3.63) is 76.8 Å². The summed E-state index contributed by atoms with van der Waals surface area (Å²) in [5.74, 6) is -0.221.